The molecule has 0 fully saturated rings. The van der Waals surface area contributed by atoms with Crippen LogP contribution in [0.3, 0.4) is 0 Å². The predicted octanol–water partition coefficient (Wildman–Crippen LogP) is 2.17. The van der Waals surface area contributed by atoms with Crippen molar-refractivity contribution in [1.29, 1.82) is 0 Å². The minimum absolute atomic E-state index is 0.425. The first kappa shape index (κ1) is 12.6. The molecule has 2 N–H and O–H groups in total. The van der Waals surface area contributed by atoms with E-state index in [0.717, 1.165) is 28.5 Å². The molecule has 1 heterocycles. The summed E-state index contributed by atoms with van der Waals surface area (Å²) in [5.74, 6) is 1.80. The molecular weight excluding hydrogens is 226 g/mol. The van der Waals surface area contributed by atoms with Crippen LogP contribution in [0.4, 0.5) is 0 Å². The van der Waals surface area contributed by atoms with Crippen molar-refractivity contribution in [1.82, 2.24) is 9.55 Å². The number of nitrogens with two attached hydrogens (primary N) is 1. The maximum absolute atomic E-state index is 5.78. The Morgan fingerprint density at radius 3 is 2.67 bits per heavy atom. The summed E-state index contributed by atoms with van der Waals surface area (Å²) in [5, 5.41) is 0. The summed E-state index contributed by atoms with van der Waals surface area (Å²) < 4.78 is 7.49. The number of aromatic nitrogens is 2. The second kappa shape index (κ2) is 4.82. The van der Waals surface area contributed by atoms with Crippen LogP contribution in [0.2, 0.25) is 0 Å². The SMILES string of the molecule is COc1ccc(C)cc1-c1c(CN)nc(C)n1C. The molecule has 0 unspecified atom stereocenters. The molecule has 1 aromatic heterocycles. The predicted molar refractivity (Wildman–Crippen MR) is 72.6 cm³/mol. The molecule has 0 spiro atoms. The van der Waals surface area contributed by atoms with E-state index in [1.807, 2.05) is 26.1 Å². The van der Waals surface area contributed by atoms with Gasteiger partial charge in [0, 0.05) is 19.2 Å². The molecule has 0 amide bonds. The molecular formula is C14H19N3O. The molecule has 0 saturated heterocycles. The molecule has 2 aromatic rings. The summed E-state index contributed by atoms with van der Waals surface area (Å²) >= 11 is 0. The van der Waals surface area contributed by atoms with Gasteiger partial charge in [-0.2, -0.15) is 0 Å². The van der Waals surface area contributed by atoms with E-state index >= 15 is 0 Å². The standard InChI is InChI=1S/C14H19N3O/c1-9-5-6-13(18-4)11(7-9)14-12(8-15)16-10(2)17(14)3/h5-7H,8,15H2,1-4H3. The van der Waals surface area contributed by atoms with Crippen molar-refractivity contribution >= 4 is 0 Å². The highest BCUT2D eigenvalue weighted by Crippen LogP contribution is 2.33. The number of imidazole rings is 1. The van der Waals surface area contributed by atoms with Crippen LogP contribution in [0.1, 0.15) is 17.1 Å². The molecule has 96 valence electrons. The molecule has 0 atom stereocenters. The summed E-state index contributed by atoms with van der Waals surface area (Å²) in [6.45, 7) is 4.47. The number of methoxy groups -OCH3 is 1. The van der Waals surface area contributed by atoms with Gasteiger partial charge in [0.15, 0.2) is 0 Å². The van der Waals surface area contributed by atoms with E-state index in [-0.39, 0.29) is 0 Å². The average Bonchev–Trinajstić information content (AvgIpc) is 2.65. The minimum Gasteiger partial charge on any atom is -0.496 e. The summed E-state index contributed by atoms with van der Waals surface area (Å²) in [4.78, 5) is 4.49. The third-order valence-corrected chi connectivity index (χ3v) is 3.19. The van der Waals surface area contributed by atoms with Gasteiger partial charge < -0.3 is 15.0 Å². The van der Waals surface area contributed by atoms with E-state index < -0.39 is 0 Å². The molecule has 0 aliphatic heterocycles. The van der Waals surface area contributed by atoms with Crippen LogP contribution in [-0.4, -0.2) is 16.7 Å². The van der Waals surface area contributed by atoms with Crippen LogP contribution in [-0.2, 0) is 13.6 Å². The minimum atomic E-state index is 0.425. The van der Waals surface area contributed by atoms with Crippen LogP contribution in [0.25, 0.3) is 11.3 Å². The van der Waals surface area contributed by atoms with Crippen LogP contribution in [0.15, 0.2) is 18.2 Å². The van der Waals surface area contributed by atoms with Gasteiger partial charge in [0.2, 0.25) is 0 Å². The Kier molecular flexibility index (Phi) is 3.39. The topological polar surface area (TPSA) is 53.1 Å². The van der Waals surface area contributed by atoms with E-state index in [4.69, 9.17) is 10.5 Å². The smallest absolute Gasteiger partial charge is 0.128 e. The van der Waals surface area contributed by atoms with Gasteiger partial charge >= 0.3 is 0 Å². The number of hydrogen-bond acceptors (Lipinski definition) is 3. The fourth-order valence-electron chi connectivity index (χ4n) is 2.16. The van der Waals surface area contributed by atoms with Gasteiger partial charge in [-0.15, -0.1) is 0 Å². The lowest BCUT2D eigenvalue weighted by Crippen LogP contribution is -2.02. The lowest BCUT2D eigenvalue weighted by Gasteiger charge is -2.12. The van der Waals surface area contributed by atoms with Crippen molar-refractivity contribution < 1.29 is 4.74 Å². The number of ether oxygens (including phenoxy) is 1. The van der Waals surface area contributed by atoms with Crippen molar-refractivity contribution in [3.8, 4) is 17.0 Å². The Bertz CT molecular complexity index is 573. The number of benzene rings is 1. The summed E-state index contributed by atoms with van der Waals surface area (Å²) in [6, 6.07) is 6.12. The fraction of sp³-hybridized carbons (Fsp3) is 0.357. The number of hydrogen-bond donors (Lipinski definition) is 1. The lowest BCUT2D eigenvalue weighted by atomic mass is 10.1. The highest BCUT2D eigenvalue weighted by Gasteiger charge is 2.16. The van der Waals surface area contributed by atoms with Crippen LogP contribution in [0, 0.1) is 13.8 Å². The first-order valence-electron chi connectivity index (χ1n) is 5.95. The van der Waals surface area contributed by atoms with Crippen molar-refractivity contribution in [2.75, 3.05) is 7.11 Å². The van der Waals surface area contributed by atoms with Gasteiger partial charge in [0.1, 0.15) is 11.6 Å². The number of nitrogens with zero attached hydrogens (tertiary/aromatic N) is 2. The van der Waals surface area contributed by atoms with Gasteiger partial charge in [-0.25, -0.2) is 4.98 Å². The number of aryl methyl sites for hydroxylation is 2. The van der Waals surface area contributed by atoms with Gasteiger partial charge in [-0.05, 0) is 26.0 Å². The maximum atomic E-state index is 5.78. The molecule has 1 aromatic carbocycles. The zero-order chi connectivity index (χ0) is 13.3. The highest BCUT2D eigenvalue weighted by atomic mass is 16.5. The summed E-state index contributed by atoms with van der Waals surface area (Å²) in [5.41, 5.74) is 9.95. The average molecular weight is 245 g/mol. The Hall–Kier alpha value is -1.81. The zero-order valence-corrected chi connectivity index (χ0v) is 11.3. The fourth-order valence-corrected chi connectivity index (χ4v) is 2.16. The Morgan fingerprint density at radius 2 is 2.06 bits per heavy atom. The lowest BCUT2D eigenvalue weighted by molar-refractivity contribution is 0.416. The third-order valence-electron chi connectivity index (χ3n) is 3.19. The first-order valence-corrected chi connectivity index (χ1v) is 5.95. The molecule has 0 aliphatic rings. The maximum Gasteiger partial charge on any atom is 0.128 e. The van der Waals surface area contributed by atoms with E-state index in [9.17, 15) is 0 Å². The van der Waals surface area contributed by atoms with Crippen molar-refractivity contribution in [3.05, 3.63) is 35.3 Å². The van der Waals surface area contributed by atoms with E-state index in [2.05, 4.69) is 22.5 Å². The molecule has 4 heteroatoms. The quantitative estimate of drug-likeness (QED) is 0.901. The molecule has 0 saturated carbocycles. The molecule has 0 radical (unpaired) electrons. The highest BCUT2D eigenvalue weighted by molar-refractivity contribution is 5.71. The third kappa shape index (κ3) is 1.99. The Labute approximate surface area is 107 Å². The zero-order valence-electron chi connectivity index (χ0n) is 11.3. The van der Waals surface area contributed by atoms with E-state index in [0.29, 0.717) is 6.54 Å². The number of rotatable bonds is 3. The van der Waals surface area contributed by atoms with Gasteiger partial charge in [-0.3, -0.25) is 0 Å². The van der Waals surface area contributed by atoms with Gasteiger partial charge in [0.25, 0.3) is 0 Å². The van der Waals surface area contributed by atoms with Crippen molar-refractivity contribution in [2.45, 2.75) is 20.4 Å². The summed E-state index contributed by atoms with van der Waals surface area (Å²) in [7, 11) is 3.68. The van der Waals surface area contributed by atoms with E-state index in [1.54, 1.807) is 7.11 Å². The Balaban J connectivity index is 2.71. The van der Waals surface area contributed by atoms with Gasteiger partial charge in [-0.1, -0.05) is 11.6 Å². The van der Waals surface area contributed by atoms with Crippen molar-refractivity contribution in [3.63, 3.8) is 0 Å². The monoisotopic (exact) mass is 245 g/mol. The molecule has 18 heavy (non-hydrogen) atoms. The van der Waals surface area contributed by atoms with Crippen LogP contribution in [0.5, 0.6) is 5.75 Å². The van der Waals surface area contributed by atoms with Crippen LogP contribution < -0.4 is 10.5 Å². The van der Waals surface area contributed by atoms with E-state index in [1.165, 1.54) is 5.56 Å². The largest absolute Gasteiger partial charge is 0.496 e. The van der Waals surface area contributed by atoms with Crippen molar-refractivity contribution in [2.24, 2.45) is 12.8 Å². The van der Waals surface area contributed by atoms with Gasteiger partial charge in [0.05, 0.1) is 18.5 Å². The molecule has 4 nitrogen and oxygen atoms in total. The summed E-state index contributed by atoms with van der Waals surface area (Å²) in [6.07, 6.45) is 0. The molecule has 0 aliphatic carbocycles. The second-order valence-corrected chi connectivity index (χ2v) is 4.42. The molecule has 0 bridgehead atoms. The molecule has 2 rings (SSSR count). The Morgan fingerprint density at radius 1 is 1.33 bits per heavy atom. The normalized spacial score (nSPS) is 10.7. The second-order valence-electron chi connectivity index (χ2n) is 4.42. The van der Waals surface area contributed by atoms with Crippen LogP contribution >= 0.6 is 0 Å². The first-order chi connectivity index (χ1) is 8.58.